The van der Waals surface area contributed by atoms with Crippen molar-refractivity contribution in [1.82, 2.24) is 10.6 Å². The highest BCUT2D eigenvalue weighted by molar-refractivity contribution is 14.0. The van der Waals surface area contributed by atoms with E-state index in [2.05, 4.69) is 34.7 Å². The van der Waals surface area contributed by atoms with Crippen LogP contribution in [0.5, 0.6) is 0 Å². The lowest BCUT2D eigenvalue weighted by Crippen LogP contribution is -2.39. The van der Waals surface area contributed by atoms with Gasteiger partial charge in [-0.1, -0.05) is 37.3 Å². The Morgan fingerprint density at radius 1 is 1.26 bits per heavy atom. The fraction of sp³-hybridized carbons (Fsp3) is 0.500. The van der Waals surface area contributed by atoms with Crippen LogP contribution in [0.15, 0.2) is 35.3 Å². The molecule has 19 heavy (non-hydrogen) atoms. The third kappa shape index (κ3) is 6.77. The van der Waals surface area contributed by atoms with E-state index < -0.39 is 0 Å². The van der Waals surface area contributed by atoms with Gasteiger partial charge in [0.1, 0.15) is 0 Å². The molecule has 108 valence electrons. The van der Waals surface area contributed by atoms with Crippen molar-refractivity contribution in [2.75, 3.05) is 27.2 Å². The fourth-order valence-electron chi connectivity index (χ4n) is 1.66. The largest absolute Gasteiger partial charge is 0.375 e. The fourth-order valence-corrected chi connectivity index (χ4v) is 1.66. The number of hydrogen-bond donors (Lipinski definition) is 2. The van der Waals surface area contributed by atoms with Gasteiger partial charge in [-0.2, -0.15) is 0 Å². The molecule has 0 saturated heterocycles. The molecule has 0 amide bonds. The maximum absolute atomic E-state index is 5.49. The predicted octanol–water partition coefficient (Wildman–Crippen LogP) is 2.57. The lowest BCUT2D eigenvalue weighted by atomic mass is 10.1. The highest BCUT2D eigenvalue weighted by Crippen LogP contribution is 2.14. The van der Waals surface area contributed by atoms with Gasteiger partial charge in [0.05, 0.1) is 6.10 Å². The molecule has 2 N–H and O–H groups in total. The number of aliphatic imine (C=N–C) groups is 1. The van der Waals surface area contributed by atoms with E-state index in [1.54, 1.807) is 14.2 Å². The van der Waals surface area contributed by atoms with E-state index >= 15 is 0 Å². The van der Waals surface area contributed by atoms with E-state index in [0.717, 1.165) is 18.9 Å². The predicted molar refractivity (Wildman–Crippen MR) is 91.3 cm³/mol. The molecule has 0 aliphatic rings. The van der Waals surface area contributed by atoms with Crippen molar-refractivity contribution in [3.63, 3.8) is 0 Å². The van der Waals surface area contributed by atoms with Crippen LogP contribution in [0.25, 0.3) is 0 Å². The summed E-state index contributed by atoms with van der Waals surface area (Å²) < 4.78 is 5.49. The number of hydrogen-bond acceptors (Lipinski definition) is 2. The monoisotopic (exact) mass is 377 g/mol. The molecule has 0 aromatic heterocycles. The minimum Gasteiger partial charge on any atom is -0.375 e. The average molecular weight is 377 g/mol. The smallest absolute Gasteiger partial charge is 0.191 e. The van der Waals surface area contributed by atoms with Gasteiger partial charge >= 0.3 is 0 Å². The van der Waals surface area contributed by atoms with Crippen molar-refractivity contribution >= 4 is 29.9 Å². The van der Waals surface area contributed by atoms with Crippen molar-refractivity contribution in [1.29, 1.82) is 0 Å². The van der Waals surface area contributed by atoms with E-state index in [1.165, 1.54) is 5.56 Å². The zero-order chi connectivity index (χ0) is 13.2. The van der Waals surface area contributed by atoms with Gasteiger partial charge in [-0.05, 0) is 12.0 Å². The van der Waals surface area contributed by atoms with Gasteiger partial charge < -0.3 is 15.4 Å². The highest BCUT2D eigenvalue weighted by atomic mass is 127. The van der Waals surface area contributed by atoms with E-state index in [9.17, 15) is 0 Å². The number of nitrogens with zero attached hydrogens (tertiary/aromatic N) is 1. The minimum atomic E-state index is 0. The molecular formula is C14H24IN3O. The van der Waals surface area contributed by atoms with E-state index in [0.29, 0.717) is 6.54 Å². The number of guanidine groups is 1. The second-order valence-electron chi connectivity index (χ2n) is 4.01. The van der Waals surface area contributed by atoms with Crippen LogP contribution in [0.1, 0.15) is 25.0 Å². The summed E-state index contributed by atoms with van der Waals surface area (Å²) >= 11 is 0. The Balaban J connectivity index is 0.00000324. The quantitative estimate of drug-likeness (QED) is 0.455. The Kier molecular flexibility index (Phi) is 10.6. The first kappa shape index (κ1) is 18.2. The van der Waals surface area contributed by atoms with Crippen LogP contribution in [0.2, 0.25) is 0 Å². The molecular weight excluding hydrogens is 353 g/mol. The first-order valence-corrected chi connectivity index (χ1v) is 6.34. The highest BCUT2D eigenvalue weighted by Gasteiger charge is 2.10. The molecule has 1 unspecified atom stereocenters. The summed E-state index contributed by atoms with van der Waals surface area (Å²) in [5.74, 6) is 0.815. The Morgan fingerprint density at radius 2 is 1.95 bits per heavy atom. The third-order valence-electron chi connectivity index (χ3n) is 2.68. The Morgan fingerprint density at radius 3 is 2.47 bits per heavy atom. The van der Waals surface area contributed by atoms with Gasteiger partial charge in [0.25, 0.3) is 0 Å². The molecule has 5 heteroatoms. The second-order valence-corrected chi connectivity index (χ2v) is 4.01. The van der Waals surface area contributed by atoms with Crippen LogP contribution >= 0.6 is 24.0 Å². The summed E-state index contributed by atoms with van der Waals surface area (Å²) in [4.78, 5) is 4.16. The Hall–Kier alpha value is -0.820. The summed E-state index contributed by atoms with van der Waals surface area (Å²) in [5, 5.41) is 6.50. The van der Waals surface area contributed by atoms with Crippen molar-refractivity contribution in [2.24, 2.45) is 4.99 Å². The molecule has 0 fully saturated rings. The number of methoxy groups -OCH3 is 1. The van der Waals surface area contributed by atoms with Crippen LogP contribution in [0.3, 0.4) is 0 Å². The molecule has 4 nitrogen and oxygen atoms in total. The molecule has 0 radical (unpaired) electrons. The van der Waals surface area contributed by atoms with E-state index in [1.807, 2.05) is 18.2 Å². The van der Waals surface area contributed by atoms with Crippen molar-refractivity contribution in [2.45, 2.75) is 19.4 Å². The number of halogens is 1. The van der Waals surface area contributed by atoms with Gasteiger partial charge in [0.2, 0.25) is 0 Å². The van der Waals surface area contributed by atoms with Crippen molar-refractivity contribution < 1.29 is 4.74 Å². The van der Waals surface area contributed by atoms with Gasteiger partial charge in [-0.15, -0.1) is 24.0 Å². The number of nitrogens with one attached hydrogen (secondary N) is 2. The molecule has 1 rings (SSSR count). The molecule has 0 spiro atoms. The lowest BCUT2D eigenvalue weighted by molar-refractivity contribution is 0.106. The van der Waals surface area contributed by atoms with Gasteiger partial charge in [-0.3, -0.25) is 4.99 Å². The third-order valence-corrected chi connectivity index (χ3v) is 2.68. The van der Waals surface area contributed by atoms with Crippen molar-refractivity contribution in [3.8, 4) is 0 Å². The van der Waals surface area contributed by atoms with Crippen LogP contribution in [-0.4, -0.2) is 33.2 Å². The molecule has 0 saturated carbocycles. The summed E-state index contributed by atoms with van der Waals surface area (Å²) in [5.41, 5.74) is 1.17. The first-order chi connectivity index (χ1) is 8.81. The van der Waals surface area contributed by atoms with Crippen LogP contribution in [0.4, 0.5) is 0 Å². The molecule has 1 aromatic rings. The zero-order valence-electron chi connectivity index (χ0n) is 11.8. The SMILES string of the molecule is CCCNC(=NC)NCC(OC)c1ccccc1.I. The van der Waals surface area contributed by atoms with Gasteiger partial charge in [-0.25, -0.2) is 0 Å². The molecule has 1 atom stereocenters. The molecule has 0 bridgehead atoms. The van der Waals surface area contributed by atoms with Crippen molar-refractivity contribution in [3.05, 3.63) is 35.9 Å². The lowest BCUT2D eigenvalue weighted by Gasteiger charge is -2.18. The summed E-state index contributed by atoms with van der Waals surface area (Å²) in [6.07, 6.45) is 1.11. The first-order valence-electron chi connectivity index (χ1n) is 6.34. The van der Waals surface area contributed by atoms with E-state index in [-0.39, 0.29) is 30.1 Å². The summed E-state index contributed by atoms with van der Waals surface area (Å²) in [6.45, 7) is 3.74. The topological polar surface area (TPSA) is 45.7 Å². The van der Waals surface area contributed by atoms with E-state index in [4.69, 9.17) is 4.74 Å². The Labute approximate surface area is 133 Å². The second kappa shape index (κ2) is 11.0. The Bertz CT molecular complexity index is 357. The van der Waals surface area contributed by atoms with Crippen LogP contribution in [-0.2, 0) is 4.74 Å². The maximum Gasteiger partial charge on any atom is 0.191 e. The van der Waals surface area contributed by atoms with Crippen LogP contribution < -0.4 is 10.6 Å². The molecule has 0 aliphatic carbocycles. The summed E-state index contributed by atoms with van der Waals surface area (Å²) in [7, 11) is 3.50. The number of ether oxygens (including phenoxy) is 1. The standard InChI is InChI=1S/C14H23N3O.HI/c1-4-10-16-14(15-2)17-11-13(18-3)12-8-6-5-7-9-12;/h5-9,13H,4,10-11H2,1-3H3,(H2,15,16,17);1H. The average Bonchev–Trinajstić information content (AvgIpc) is 2.44. The molecule has 0 heterocycles. The normalized spacial score (nSPS) is 12.5. The number of benzene rings is 1. The molecule has 1 aromatic carbocycles. The molecule has 0 aliphatic heterocycles. The number of rotatable bonds is 6. The summed E-state index contributed by atoms with van der Waals surface area (Å²) in [6, 6.07) is 10.2. The maximum atomic E-state index is 5.49. The van der Waals surface area contributed by atoms with Gasteiger partial charge in [0.15, 0.2) is 5.96 Å². The van der Waals surface area contributed by atoms with Gasteiger partial charge in [0, 0.05) is 27.2 Å². The minimum absolute atomic E-state index is 0. The zero-order valence-corrected chi connectivity index (χ0v) is 14.2. The van der Waals surface area contributed by atoms with Crippen LogP contribution in [0, 0.1) is 0 Å².